The Labute approximate surface area is 159 Å². The van der Waals surface area contributed by atoms with Gasteiger partial charge in [-0.1, -0.05) is 72.8 Å². The standard InChI is InChI=1S/C23H22N2O2/c1-17(24-25-23(26)20-15-9-10-16-21(20)27-2)22(18-11-5-3-6-12-18)19-13-7-4-8-14-19/h3-16,22H,1-2H3,(H,25,26)/b24-17+. The zero-order valence-corrected chi connectivity index (χ0v) is 15.4. The second-order valence-electron chi connectivity index (χ2n) is 6.15. The van der Waals surface area contributed by atoms with Crippen LogP contribution in [0.25, 0.3) is 0 Å². The van der Waals surface area contributed by atoms with Gasteiger partial charge >= 0.3 is 0 Å². The molecular formula is C23H22N2O2. The van der Waals surface area contributed by atoms with Crippen LogP contribution in [0, 0.1) is 0 Å². The van der Waals surface area contributed by atoms with Crippen LogP contribution in [-0.4, -0.2) is 18.7 Å². The molecule has 0 unspecified atom stereocenters. The molecule has 3 rings (SSSR count). The summed E-state index contributed by atoms with van der Waals surface area (Å²) in [6, 6.07) is 27.4. The van der Waals surface area contributed by atoms with Crippen LogP contribution >= 0.6 is 0 Å². The fraction of sp³-hybridized carbons (Fsp3) is 0.130. The Morgan fingerprint density at radius 1 is 0.852 bits per heavy atom. The lowest BCUT2D eigenvalue weighted by molar-refractivity contribution is 0.0951. The smallest absolute Gasteiger partial charge is 0.275 e. The Morgan fingerprint density at radius 3 is 1.93 bits per heavy atom. The number of hydrogen-bond donors (Lipinski definition) is 1. The van der Waals surface area contributed by atoms with Crippen LogP contribution in [0.5, 0.6) is 5.75 Å². The molecule has 0 fully saturated rings. The second kappa shape index (κ2) is 8.81. The molecule has 0 aromatic heterocycles. The van der Waals surface area contributed by atoms with Gasteiger partial charge in [-0.25, -0.2) is 5.43 Å². The lowest BCUT2D eigenvalue weighted by Crippen LogP contribution is -2.22. The predicted molar refractivity (Wildman–Crippen MR) is 108 cm³/mol. The SMILES string of the molecule is COc1ccccc1C(=O)N/N=C(\C)C(c1ccccc1)c1ccccc1. The monoisotopic (exact) mass is 358 g/mol. The van der Waals surface area contributed by atoms with Gasteiger partial charge < -0.3 is 4.74 Å². The molecule has 4 heteroatoms. The maximum absolute atomic E-state index is 12.5. The first-order valence-electron chi connectivity index (χ1n) is 8.78. The van der Waals surface area contributed by atoms with Crippen molar-refractivity contribution >= 4 is 11.6 Å². The molecule has 1 N–H and O–H groups in total. The molecule has 0 heterocycles. The molecule has 4 nitrogen and oxygen atoms in total. The van der Waals surface area contributed by atoms with Gasteiger partial charge in [0.1, 0.15) is 5.75 Å². The lowest BCUT2D eigenvalue weighted by Gasteiger charge is -2.18. The third-order valence-corrected chi connectivity index (χ3v) is 4.37. The zero-order chi connectivity index (χ0) is 19.1. The normalized spacial score (nSPS) is 11.3. The maximum Gasteiger partial charge on any atom is 0.275 e. The van der Waals surface area contributed by atoms with E-state index in [9.17, 15) is 4.79 Å². The largest absolute Gasteiger partial charge is 0.496 e. The van der Waals surface area contributed by atoms with Gasteiger partial charge in [0.05, 0.1) is 12.7 Å². The van der Waals surface area contributed by atoms with Gasteiger partial charge in [0, 0.05) is 11.6 Å². The Morgan fingerprint density at radius 2 is 1.37 bits per heavy atom. The summed E-state index contributed by atoms with van der Waals surface area (Å²) in [4.78, 5) is 12.5. The lowest BCUT2D eigenvalue weighted by atomic mass is 9.88. The van der Waals surface area contributed by atoms with Crippen LogP contribution in [0.1, 0.15) is 34.3 Å². The van der Waals surface area contributed by atoms with E-state index in [-0.39, 0.29) is 11.8 Å². The number of rotatable bonds is 6. The first-order chi connectivity index (χ1) is 13.2. The van der Waals surface area contributed by atoms with E-state index < -0.39 is 0 Å². The molecule has 0 atom stereocenters. The van der Waals surface area contributed by atoms with Crippen LogP contribution in [0.3, 0.4) is 0 Å². The maximum atomic E-state index is 12.5. The molecule has 3 aromatic rings. The minimum atomic E-state index is -0.299. The number of carbonyl (C=O) groups excluding carboxylic acids is 1. The highest BCUT2D eigenvalue weighted by Crippen LogP contribution is 2.26. The van der Waals surface area contributed by atoms with Gasteiger partial charge in [0.2, 0.25) is 0 Å². The number of amides is 1. The van der Waals surface area contributed by atoms with Crippen molar-refractivity contribution in [2.24, 2.45) is 5.10 Å². The van der Waals surface area contributed by atoms with Crippen LogP contribution in [0.4, 0.5) is 0 Å². The van der Waals surface area contributed by atoms with E-state index in [0.717, 1.165) is 16.8 Å². The molecule has 0 bridgehead atoms. The van der Waals surface area contributed by atoms with E-state index >= 15 is 0 Å². The van der Waals surface area contributed by atoms with Crippen molar-refractivity contribution < 1.29 is 9.53 Å². The van der Waals surface area contributed by atoms with Crippen molar-refractivity contribution in [3.05, 3.63) is 102 Å². The molecule has 0 spiro atoms. The fourth-order valence-corrected chi connectivity index (χ4v) is 3.06. The molecule has 136 valence electrons. The van der Waals surface area contributed by atoms with E-state index in [1.165, 1.54) is 0 Å². The van der Waals surface area contributed by atoms with Crippen LogP contribution in [0.2, 0.25) is 0 Å². The van der Waals surface area contributed by atoms with E-state index in [1.54, 1.807) is 25.3 Å². The number of methoxy groups -OCH3 is 1. The summed E-state index contributed by atoms with van der Waals surface area (Å²) in [5.74, 6) is 0.183. The molecule has 0 aliphatic carbocycles. The van der Waals surface area contributed by atoms with E-state index in [0.29, 0.717) is 11.3 Å². The van der Waals surface area contributed by atoms with Crippen molar-refractivity contribution in [2.75, 3.05) is 7.11 Å². The summed E-state index contributed by atoms with van der Waals surface area (Å²) in [6.45, 7) is 1.92. The van der Waals surface area contributed by atoms with Crippen molar-refractivity contribution in [3.8, 4) is 5.75 Å². The Kier molecular flexibility index (Phi) is 6.00. The zero-order valence-electron chi connectivity index (χ0n) is 15.4. The highest BCUT2D eigenvalue weighted by molar-refractivity contribution is 5.98. The van der Waals surface area contributed by atoms with Crippen molar-refractivity contribution in [3.63, 3.8) is 0 Å². The van der Waals surface area contributed by atoms with Crippen LogP contribution in [-0.2, 0) is 0 Å². The van der Waals surface area contributed by atoms with Crippen LogP contribution < -0.4 is 10.2 Å². The van der Waals surface area contributed by atoms with E-state index in [1.807, 2.05) is 49.4 Å². The minimum absolute atomic E-state index is 0.0367. The van der Waals surface area contributed by atoms with E-state index in [2.05, 4.69) is 34.8 Å². The van der Waals surface area contributed by atoms with Crippen molar-refractivity contribution in [1.82, 2.24) is 5.43 Å². The van der Waals surface area contributed by atoms with Gasteiger partial charge in [0.25, 0.3) is 5.91 Å². The van der Waals surface area contributed by atoms with Crippen molar-refractivity contribution in [2.45, 2.75) is 12.8 Å². The Hall–Kier alpha value is -3.40. The van der Waals surface area contributed by atoms with Crippen molar-refractivity contribution in [1.29, 1.82) is 0 Å². The average molecular weight is 358 g/mol. The summed E-state index contributed by atoms with van der Waals surface area (Å²) < 4.78 is 5.25. The molecular weight excluding hydrogens is 336 g/mol. The fourth-order valence-electron chi connectivity index (χ4n) is 3.06. The summed E-state index contributed by atoms with van der Waals surface area (Å²) in [7, 11) is 1.54. The molecule has 27 heavy (non-hydrogen) atoms. The first-order valence-corrected chi connectivity index (χ1v) is 8.78. The molecule has 0 aliphatic rings. The first kappa shape index (κ1) is 18.4. The Bertz CT molecular complexity index is 882. The molecule has 0 aliphatic heterocycles. The second-order valence-corrected chi connectivity index (χ2v) is 6.15. The number of para-hydroxylation sites is 1. The van der Waals surface area contributed by atoms with Crippen LogP contribution in [0.15, 0.2) is 90.0 Å². The highest BCUT2D eigenvalue weighted by atomic mass is 16.5. The summed E-state index contributed by atoms with van der Waals surface area (Å²) in [5.41, 5.74) is 6.16. The minimum Gasteiger partial charge on any atom is -0.496 e. The number of carbonyl (C=O) groups is 1. The van der Waals surface area contributed by atoms with Gasteiger partial charge in [-0.3, -0.25) is 4.79 Å². The number of ether oxygens (including phenoxy) is 1. The number of hydrazone groups is 1. The predicted octanol–water partition coefficient (Wildman–Crippen LogP) is 4.63. The average Bonchev–Trinajstić information content (AvgIpc) is 2.73. The molecule has 0 saturated carbocycles. The van der Waals surface area contributed by atoms with E-state index in [4.69, 9.17) is 4.74 Å². The summed E-state index contributed by atoms with van der Waals surface area (Å²) >= 11 is 0. The molecule has 3 aromatic carbocycles. The number of hydrogen-bond acceptors (Lipinski definition) is 3. The molecule has 1 amide bonds. The number of benzene rings is 3. The molecule has 0 saturated heterocycles. The topological polar surface area (TPSA) is 50.7 Å². The number of nitrogens with zero attached hydrogens (tertiary/aromatic N) is 1. The Balaban J connectivity index is 1.88. The van der Waals surface area contributed by atoms with Gasteiger partial charge in [-0.2, -0.15) is 5.10 Å². The third kappa shape index (κ3) is 4.42. The molecule has 0 radical (unpaired) electrons. The highest BCUT2D eigenvalue weighted by Gasteiger charge is 2.18. The van der Waals surface area contributed by atoms with Gasteiger partial charge in [0.15, 0.2) is 0 Å². The third-order valence-electron chi connectivity index (χ3n) is 4.37. The quantitative estimate of drug-likeness (QED) is 0.516. The van der Waals surface area contributed by atoms with Gasteiger partial charge in [-0.15, -0.1) is 0 Å². The van der Waals surface area contributed by atoms with Gasteiger partial charge in [-0.05, 0) is 30.2 Å². The number of nitrogens with one attached hydrogen (secondary N) is 1. The summed E-state index contributed by atoms with van der Waals surface area (Å²) in [6.07, 6.45) is 0. The summed E-state index contributed by atoms with van der Waals surface area (Å²) in [5, 5.41) is 4.39.